The van der Waals surface area contributed by atoms with Crippen LogP contribution in [-0.2, 0) is 30.4 Å². The van der Waals surface area contributed by atoms with Gasteiger partial charge in [-0.2, -0.15) is 44.6 Å². The van der Waals surface area contributed by atoms with Gasteiger partial charge in [0.2, 0.25) is 0 Å². The first kappa shape index (κ1) is 24.3. The van der Waals surface area contributed by atoms with Crippen molar-refractivity contribution in [2.24, 2.45) is 17.9 Å². The van der Waals surface area contributed by atoms with Crippen molar-refractivity contribution in [1.82, 2.24) is 9.78 Å². The number of hydrogen-bond donors (Lipinski definition) is 1. The maximum absolute atomic E-state index is 13.0. The fraction of sp³-hybridized carbons (Fsp3) is 0.235. The molecule has 0 bridgehead atoms. The van der Waals surface area contributed by atoms with E-state index in [-0.39, 0.29) is 27.9 Å². The second kappa shape index (κ2) is 7.93. The van der Waals surface area contributed by atoms with Crippen LogP contribution in [0.25, 0.3) is 10.2 Å². The fourth-order valence-corrected chi connectivity index (χ4v) is 3.59. The lowest BCUT2D eigenvalue weighted by Gasteiger charge is -2.13. The van der Waals surface area contributed by atoms with Gasteiger partial charge in [0, 0.05) is 18.0 Å². The standard InChI is InChI=1S/C17H9F9N4O2S/c1-30-13-9(11(28-30)17(24,25)26)5-10(33-13)14(31)32-29-12(27)6-2-7(15(18,19)20)4-8(3-6)16(21,22)23/h2-5H,1H3,(H2,27,29). The third-order valence-electron chi connectivity index (χ3n) is 4.09. The molecule has 0 atom stereocenters. The molecule has 0 radical (unpaired) electrons. The maximum atomic E-state index is 13.0. The molecule has 0 aliphatic carbocycles. The number of nitrogens with two attached hydrogens (primary N) is 1. The number of aromatic nitrogens is 2. The van der Waals surface area contributed by atoms with E-state index in [4.69, 9.17) is 5.73 Å². The molecule has 0 unspecified atom stereocenters. The molecule has 33 heavy (non-hydrogen) atoms. The first-order valence-corrected chi connectivity index (χ1v) is 9.18. The lowest BCUT2D eigenvalue weighted by molar-refractivity contribution is -0.143. The molecule has 1 aromatic carbocycles. The molecule has 6 nitrogen and oxygen atoms in total. The van der Waals surface area contributed by atoms with Gasteiger partial charge in [-0.3, -0.25) is 4.68 Å². The number of oxime groups is 1. The average molecular weight is 504 g/mol. The van der Waals surface area contributed by atoms with E-state index < -0.39 is 58.1 Å². The molecule has 0 aliphatic rings. The summed E-state index contributed by atoms with van der Waals surface area (Å²) < 4.78 is 118. The van der Waals surface area contributed by atoms with Crippen molar-refractivity contribution in [3.8, 4) is 0 Å². The molecule has 0 aliphatic heterocycles. The Hall–Kier alpha value is -3.30. The van der Waals surface area contributed by atoms with E-state index in [0.717, 1.165) is 10.7 Å². The number of fused-ring (bicyclic) bond motifs is 1. The molecular weight excluding hydrogens is 495 g/mol. The van der Waals surface area contributed by atoms with Gasteiger partial charge in [0.05, 0.1) is 11.1 Å². The highest BCUT2D eigenvalue weighted by atomic mass is 32.1. The largest absolute Gasteiger partial charge is 0.435 e. The van der Waals surface area contributed by atoms with Crippen LogP contribution in [0.5, 0.6) is 0 Å². The smallest absolute Gasteiger partial charge is 0.380 e. The molecule has 2 heterocycles. The van der Waals surface area contributed by atoms with Crippen molar-refractivity contribution in [1.29, 1.82) is 0 Å². The molecule has 3 rings (SSSR count). The number of carbonyl (C=O) groups is 1. The van der Waals surface area contributed by atoms with Crippen LogP contribution in [0.4, 0.5) is 39.5 Å². The molecule has 0 saturated carbocycles. The lowest BCUT2D eigenvalue weighted by Crippen LogP contribution is -2.19. The van der Waals surface area contributed by atoms with Crippen LogP contribution in [0.1, 0.15) is 32.1 Å². The Labute approximate surface area is 181 Å². The zero-order valence-electron chi connectivity index (χ0n) is 15.9. The minimum atomic E-state index is -5.14. The number of rotatable bonds is 3. The number of nitrogens with zero attached hydrogens (tertiary/aromatic N) is 3. The van der Waals surface area contributed by atoms with Gasteiger partial charge in [0.25, 0.3) is 0 Å². The van der Waals surface area contributed by atoms with Gasteiger partial charge >= 0.3 is 24.5 Å². The maximum Gasteiger partial charge on any atom is 0.435 e. The van der Waals surface area contributed by atoms with Gasteiger partial charge < -0.3 is 10.6 Å². The SMILES string of the molecule is Cn1nc(C(F)(F)F)c2cc(C(=O)O/N=C(/N)c3cc(C(F)(F)F)cc(C(F)(F)F)c3)sc21. The highest BCUT2D eigenvalue weighted by molar-refractivity contribution is 7.20. The quantitative estimate of drug-likeness (QED) is 0.176. The average Bonchev–Trinajstić information content (AvgIpc) is 3.24. The second-order valence-electron chi connectivity index (χ2n) is 6.45. The predicted octanol–water partition coefficient (Wildman–Crippen LogP) is 5.17. The fourth-order valence-electron chi connectivity index (χ4n) is 2.64. The highest BCUT2D eigenvalue weighted by Gasteiger charge is 2.38. The van der Waals surface area contributed by atoms with Crippen molar-refractivity contribution >= 4 is 33.4 Å². The van der Waals surface area contributed by atoms with Gasteiger partial charge in [0.15, 0.2) is 11.5 Å². The van der Waals surface area contributed by atoms with E-state index >= 15 is 0 Å². The summed E-state index contributed by atoms with van der Waals surface area (Å²) in [5, 5.41) is 5.94. The number of halogens is 9. The Balaban J connectivity index is 1.92. The Morgan fingerprint density at radius 3 is 2.00 bits per heavy atom. The van der Waals surface area contributed by atoms with E-state index in [0.29, 0.717) is 11.3 Å². The molecule has 0 amide bonds. The Kier molecular flexibility index (Phi) is 5.85. The van der Waals surface area contributed by atoms with Crippen LogP contribution in [0.3, 0.4) is 0 Å². The topological polar surface area (TPSA) is 82.5 Å². The Morgan fingerprint density at radius 2 is 1.52 bits per heavy atom. The van der Waals surface area contributed by atoms with Crippen molar-refractivity contribution in [3.63, 3.8) is 0 Å². The highest BCUT2D eigenvalue weighted by Crippen LogP contribution is 2.38. The number of amidine groups is 1. The van der Waals surface area contributed by atoms with E-state index in [1.165, 1.54) is 7.05 Å². The van der Waals surface area contributed by atoms with Crippen LogP contribution >= 0.6 is 11.3 Å². The third kappa shape index (κ3) is 5.04. The summed E-state index contributed by atoms with van der Waals surface area (Å²) in [6, 6.07) is 1.22. The Morgan fingerprint density at radius 1 is 0.970 bits per heavy atom. The summed E-state index contributed by atoms with van der Waals surface area (Å²) in [4.78, 5) is 16.1. The second-order valence-corrected chi connectivity index (χ2v) is 7.48. The van der Waals surface area contributed by atoms with Crippen LogP contribution in [0.2, 0.25) is 0 Å². The number of carbonyl (C=O) groups excluding carboxylic acids is 1. The van der Waals surface area contributed by atoms with Gasteiger partial charge in [-0.15, -0.1) is 11.3 Å². The monoisotopic (exact) mass is 504 g/mol. The van der Waals surface area contributed by atoms with Gasteiger partial charge in [-0.25, -0.2) is 4.79 Å². The minimum absolute atomic E-state index is 0.0427. The van der Waals surface area contributed by atoms with Crippen molar-refractivity contribution in [2.75, 3.05) is 0 Å². The van der Waals surface area contributed by atoms with E-state index in [2.05, 4.69) is 15.1 Å². The summed E-state index contributed by atoms with van der Waals surface area (Å²) in [5.74, 6) is -2.34. The van der Waals surface area contributed by atoms with Crippen molar-refractivity contribution in [2.45, 2.75) is 18.5 Å². The molecule has 178 valence electrons. The summed E-state index contributed by atoms with van der Waals surface area (Å²) in [6.07, 6.45) is -15.1. The van der Waals surface area contributed by atoms with Crippen molar-refractivity contribution < 1.29 is 49.1 Å². The summed E-state index contributed by atoms with van der Waals surface area (Å²) in [7, 11) is 1.20. The van der Waals surface area contributed by atoms with Crippen LogP contribution in [-0.4, -0.2) is 21.6 Å². The van der Waals surface area contributed by atoms with E-state index in [9.17, 15) is 44.3 Å². The van der Waals surface area contributed by atoms with Gasteiger partial charge in [-0.05, 0) is 24.3 Å². The molecule has 16 heteroatoms. The first-order valence-electron chi connectivity index (χ1n) is 8.37. The number of aryl methyl sites for hydroxylation is 1. The third-order valence-corrected chi connectivity index (χ3v) is 5.27. The summed E-state index contributed by atoms with van der Waals surface area (Å²) in [5.41, 5.74) is -0.0655. The van der Waals surface area contributed by atoms with Gasteiger partial charge in [0.1, 0.15) is 9.71 Å². The zero-order valence-corrected chi connectivity index (χ0v) is 16.7. The first-order chi connectivity index (χ1) is 15.0. The number of benzene rings is 1. The van der Waals surface area contributed by atoms with Gasteiger partial charge in [-0.1, -0.05) is 5.16 Å². The normalized spacial score (nSPS) is 13.6. The molecule has 2 N–H and O–H groups in total. The van der Waals surface area contributed by atoms with E-state index in [1.807, 2.05) is 0 Å². The predicted molar refractivity (Wildman–Crippen MR) is 96.2 cm³/mol. The molecule has 3 aromatic rings. The van der Waals surface area contributed by atoms with Crippen LogP contribution in [0.15, 0.2) is 29.4 Å². The molecule has 0 saturated heterocycles. The zero-order chi connectivity index (χ0) is 24.9. The number of thiophene rings is 1. The van der Waals surface area contributed by atoms with Crippen molar-refractivity contribution in [3.05, 3.63) is 51.5 Å². The lowest BCUT2D eigenvalue weighted by atomic mass is 10.0. The minimum Gasteiger partial charge on any atom is -0.380 e. The molecule has 0 fully saturated rings. The number of alkyl halides is 9. The van der Waals surface area contributed by atoms with E-state index in [1.54, 1.807) is 0 Å². The summed E-state index contributed by atoms with van der Waals surface area (Å²) >= 11 is 0.546. The summed E-state index contributed by atoms with van der Waals surface area (Å²) in [6.45, 7) is 0. The molecular formula is C17H9F9N4O2S. The Bertz CT molecular complexity index is 1220. The molecule has 2 aromatic heterocycles. The van der Waals surface area contributed by atoms with Crippen LogP contribution in [0, 0.1) is 0 Å². The molecule has 0 spiro atoms. The van der Waals surface area contributed by atoms with Crippen LogP contribution < -0.4 is 5.73 Å². The number of hydrogen-bond acceptors (Lipinski definition) is 5.